The summed E-state index contributed by atoms with van der Waals surface area (Å²) in [5, 5.41) is 1.84. The molecule has 3 aromatic rings. The Kier molecular flexibility index (Phi) is 7.18. The highest BCUT2D eigenvalue weighted by molar-refractivity contribution is 6.35. The van der Waals surface area contributed by atoms with Crippen molar-refractivity contribution in [3.63, 3.8) is 0 Å². The van der Waals surface area contributed by atoms with E-state index in [0.29, 0.717) is 48.3 Å². The molecule has 0 radical (unpaired) electrons. The first kappa shape index (κ1) is 20.5. The molecule has 148 valence electrons. The normalized spacial score (nSPS) is 11.0. The van der Waals surface area contributed by atoms with Gasteiger partial charge in [0, 0.05) is 28.5 Å². The molecule has 0 aliphatic carbocycles. The van der Waals surface area contributed by atoms with Crippen LogP contribution in [0.4, 0.5) is 4.39 Å². The molecule has 0 saturated heterocycles. The summed E-state index contributed by atoms with van der Waals surface area (Å²) in [6, 6.07) is 9.65. The van der Waals surface area contributed by atoms with Gasteiger partial charge in [0.15, 0.2) is 0 Å². The van der Waals surface area contributed by atoms with Crippen molar-refractivity contribution < 1.29 is 18.7 Å². The fourth-order valence-electron chi connectivity index (χ4n) is 2.87. The van der Waals surface area contributed by atoms with Crippen LogP contribution in [0.5, 0.6) is 5.75 Å². The molecule has 3 rings (SSSR count). The van der Waals surface area contributed by atoms with Crippen LogP contribution in [-0.2, 0) is 16.0 Å². The standard InChI is InChI=1S/C21H20Cl2FNO3/c22-15-5-8-20(18(23)11-15)27-9-2-4-21(26)28-10-1-3-14-13-25-19-7-6-16(24)12-17(14)19/h5-8,11-13,25H,1-4,9-10H2. The SMILES string of the molecule is O=C(CCCOc1ccc(Cl)cc1Cl)OCCCc1c[nH]c2ccc(F)cc12. The number of rotatable bonds is 9. The Morgan fingerprint density at radius 3 is 2.75 bits per heavy atom. The summed E-state index contributed by atoms with van der Waals surface area (Å²) in [6.07, 6.45) is 4.04. The van der Waals surface area contributed by atoms with Crippen molar-refractivity contribution in [2.75, 3.05) is 13.2 Å². The second-order valence-corrected chi connectivity index (χ2v) is 7.20. The molecule has 0 bridgehead atoms. The maximum atomic E-state index is 13.4. The molecule has 4 nitrogen and oxygen atoms in total. The lowest BCUT2D eigenvalue weighted by atomic mass is 10.1. The maximum Gasteiger partial charge on any atom is 0.305 e. The minimum atomic E-state index is -0.268. The lowest BCUT2D eigenvalue weighted by Crippen LogP contribution is -2.08. The Bertz CT molecular complexity index is 958. The minimum Gasteiger partial charge on any atom is -0.492 e. The molecule has 0 saturated carbocycles. The van der Waals surface area contributed by atoms with E-state index in [2.05, 4.69) is 4.98 Å². The lowest BCUT2D eigenvalue weighted by molar-refractivity contribution is -0.144. The van der Waals surface area contributed by atoms with Crippen LogP contribution in [0.15, 0.2) is 42.6 Å². The zero-order valence-electron chi connectivity index (χ0n) is 15.1. The smallest absolute Gasteiger partial charge is 0.305 e. The molecule has 0 atom stereocenters. The number of hydrogen-bond donors (Lipinski definition) is 1. The lowest BCUT2D eigenvalue weighted by Gasteiger charge is -2.08. The number of H-pyrrole nitrogens is 1. The number of hydrogen-bond acceptors (Lipinski definition) is 3. The van der Waals surface area contributed by atoms with Gasteiger partial charge in [-0.15, -0.1) is 0 Å². The number of fused-ring (bicyclic) bond motifs is 1. The molecule has 0 aliphatic heterocycles. The second-order valence-electron chi connectivity index (χ2n) is 6.35. The van der Waals surface area contributed by atoms with E-state index >= 15 is 0 Å². The summed E-state index contributed by atoms with van der Waals surface area (Å²) < 4.78 is 24.2. The highest BCUT2D eigenvalue weighted by Crippen LogP contribution is 2.27. The van der Waals surface area contributed by atoms with Crippen LogP contribution in [-0.4, -0.2) is 24.2 Å². The van der Waals surface area contributed by atoms with Crippen molar-refractivity contribution in [2.24, 2.45) is 0 Å². The van der Waals surface area contributed by atoms with Crippen molar-refractivity contribution in [2.45, 2.75) is 25.7 Å². The summed E-state index contributed by atoms with van der Waals surface area (Å²) in [5.74, 6) is 0.00672. The Labute approximate surface area is 172 Å². The van der Waals surface area contributed by atoms with Crippen molar-refractivity contribution in [1.82, 2.24) is 4.98 Å². The fourth-order valence-corrected chi connectivity index (χ4v) is 3.33. The van der Waals surface area contributed by atoms with E-state index in [1.807, 2.05) is 6.20 Å². The van der Waals surface area contributed by atoms with Gasteiger partial charge in [-0.3, -0.25) is 4.79 Å². The van der Waals surface area contributed by atoms with E-state index in [9.17, 15) is 9.18 Å². The highest BCUT2D eigenvalue weighted by Gasteiger charge is 2.07. The molecule has 0 fully saturated rings. The molecule has 1 aromatic heterocycles. The van der Waals surface area contributed by atoms with E-state index in [1.54, 1.807) is 24.3 Å². The zero-order valence-corrected chi connectivity index (χ0v) is 16.7. The molecule has 7 heteroatoms. The van der Waals surface area contributed by atoms with Crippen molar-refractivity contribution in [3.05, 3.63) is 64.0 Å². The van der Waals surface area contributed by atoms with Crippen molar-refractivity contribution in [3.8, 4) is 5.75 Å². The molecule has 0 aliphatic rings. The summed E-state index contributed by atoms with van der Waals surface area (Å²) in [4.78, 5) is 14.9. The molecular weight excluding hydrogens is 404 g/mol. The van der Waals surface area contributed by atoms with E-state index in [-0.39, 0.29) is 18.2 Å². The summed E-state index contributed by atoms with van der Waals surface area (Å²) in [7, 11) is 0. The van der Waals surface area contributed by atoms with Crippen LogP contribution in [0, 0.1) is 5.82 Å². The number of esters is 1. The van der Waals surface area contributed by atoms with Crippen LogP contribution >= 0.6 is 23.2 Å². The van der Waals surface area contributed by atoms with E-state index < -0.39 is 0 Å². The van der Waals surface area contributed by atoms with E-state index in [0.717, 1.165) is 16.5 Å². The Morgan fingerprint density at radius 1 is 1.07 bits per heavy atom. The van der Waals surface area contributed by atoms with Gasteiger partial charge >= 0.3 is 5.97 Å². The minimum absolute atomic E-state index is 0.262. The van der Waals surface area contributed by atoms with Crippen LogP contribution in [0.2, 0.25) is 10.0 Å². The Balaban J connectivity index is 1.33. The third-order valence-corrected chi connectivity index (χ3v) is 4.79. The third kappa shape index (κ3) is 5.63. The average Bonchev–Trinajstić information content (AvgIpc) is 3.06. The summed E-state index contributed by atoms with van der Waals surface area (Å²) in [5.41, 5.74) is 1.91. The van der Waals surface area contributed by atoms with Gasteiger partial charge in [0.1, 0.15) is 11.6 Å². The van der Waals surface area contributed by atoms with Gasteiger partial charge in [0.25, 0.3) is 0 Å². The molecular formula is C21H20Cl2FNO3. The quantitative estimate of drug-likeness (QED) is 0.341. The first-order valence-corrected chi connectivity index (χ1v) is 9.77. The van der Waals surface area contributed by atoms with E-state index in [4.69, 9.17) is 32.7 Å². The molecule has 0 amide bonds. The predicted molar refractivity (Wildman–Crippen MR) is 109 cm³/mol. The first-order chi connectivity index (χ1) is 13.5. The zero-order chi connectivity index (χ0) is 19.9. The van der Waals surface area contributed by atoms with Gasteiger partial charge in [-0.25, -0.2) is 4.39 Å². The number of benzene rings is 2. The molecule has 1 heterocycles. The number of nitrogens with one attached hydrogen (secondary N) is 1. The van der Waals surface area contributed by atoms with Crippen LogP contribution in [0.3, 0.4) is 0 Å². The number of ether oxygens (including phenoxy) is 2. The van der Waals surface area contributed by atoms with Gasteiger partial charge in [-0.2, -0.15) is 0 Å². The molecule has 2 aromatic carbocycles. The monoisotopic (exact) mass is 423 g/mol. The van der Waals surface area contributed by atoms with E-state index in [1.165, 1.54) is 12.1 Å². The van der Waals surface area contributed by atoms with Crippen LogP contribution < -0.4 is 4.74 Å². The van der Waals surface area contributed by atoms with Crippen LogP contribution in [0.25, 0.3) is 10.9 Å². The molecule has 0 spiro atoms. The molecule has 0 unspecified atom stereocenters. The number of aromatic amines is 1. The number of carbonyl (C=O) groups excluding carboxylic acids is 1. The maximum absolute atomic E-state index is 13.4. The third-order valence-electron chi connectivity index (χ3n) is 4.26. The topological polar surface area (TPSA) is 51.3 Å². The van der Waals surface area contributed by atoms with Gasteiger partial charge in [0.05, 0.1) is 18.2 Å². The highest BCUT2D eigenvalue weighted by atomic mass is 35.5. The van der Waals surface area contributed by atoms with Gasteiger partial charge in [-0.1, -0.05) is 23.2 Å². The fraction of sp³-hybridized carbons (Fsp3) is 0.286. The largest absolute Gasteiger partial charge is 0.492 e. The summed E-state index contributed by atoms with van der Waals surface area (Å²) >= 11 is 11.8. The number of carbonyl (C=O) groups is 1. The van der Waals surface area contributed by atoms with Crippen molar-refractivity contribution >= 4 is 40.1 Å². The number of aromatic nitrogens is 1. The summed E-state index contributed by atoms with van der Waals surface area (Å²) in [6.45, 7) is 0.683. The van der Waals surface area contributed by atoms with Crippen molar-refractivity contribution in [1.29, 1.82) is 0 Å². The Hall–Kier alpha value is -2.24. The van der Waals surface area contributed by atoms with Gasteiger partial charge in [0.2, 0.25) is 0 Å². The molecule has 28 heavy (non-hydrogen) atoms. The second kappa shape index (κ2) is 9.80. The predicted octanol–water partition coefficient (Wildman–Crippen LogP) is 5.95. The van der Waals surface area contributed by atoms with Gasteiger partial charge < -0.3 is 14.5 Å². The number of aryl methyl sites for hydroxylation is 1. The molecule has 1 N–H and O–H groups in total. The average molecular weight is 424 g/mol. The van der Waals surface area contributed by atoms with Crippen LogP contribution in [0.1, 0.15) is 24.8 Å². The first-order valence-electron chi connectivity index (χ1n) is 9.02. The Morgan fingerprint density at radius 2 is 1.93 bits per heavy atom. The number of halogens is 3. The van der Waals surface area contributed by atoms with Gasteiger partial charge in [-0.05, 0) is 61.2 Å².